The first kappa shape index (κ1) is 20.3. The van der Waals surface area contributed by atoms with Gasteiger partial charge in [0.2, 0.25) is 0 Å². The molecule has 156 valence electrons. The van der Waals surface area contributed by atoms with Crippen molar-refractivity contribution in [2.45, 2.75) is 25.9 Å². The number of hydrogen-bond donors (Lipinski definition) is 2. The van der Waals surface area contributed by atoms with Gasteiger partial charge in [0.05, 0.1) is 6.54 Å². The Labute approximate surface area is 180 Å². The summed E-state index contributed by atoms with van der Waals surface area (Å²) in [5.74, 6) is -0.516. The molecule has 4 rings (SSSR count). The van der Waals surface area contributed by atoms with Crippen LogP contribution in [0.1, 0.15) is 34.0 Å². The minimum Gasteiger partial charge on any atom is -0.322 e. The molecule has 6 nitrogen and oxygen atoms in total. The van der Waals surface area contributed by atoms with Crippen LogP contribution in [0.2, 0.25) is 0 Å². The normalized spacial score (nSPS) is 18.1. The number of carbonyl (C=O) groups excluding carboxylic acids is 3. The van der Waals surface area contributed by atoms with Gasteiger partial charge < -0.3 is 10.6 Å². The van der Waals surface area contributed by atoms with E-state index in [0.717, 1.165) is 16.7 Å². The first-order valence-electron chi connectivity index (χ1n) is 10.0. The SMILES string of the molecule is Cc1ccccc1C1(C)NC(=O)N(Cc2ccc(C(=O)Nc3ccccc3)cc2)C1=O. The van der Waals surface area contributed by atoms with Crippen LogP contribution in [0.25, 0.3) is 0 Å². The van der Waals surface area contributed by atoms with Crippen molar-refractivity contribution in [1.29, 1.82) is 0 Å². The van der Waals surface area contributed by atoms with Crippen LogP contribution in [0.15, 0.2) is 78.9 Å². The maximum absolute atomic E-state index is 13.2. The van der Waals surface area contributed by atoms with E-state index < -0.39 is 11.6 Å². The number of amides is 4. The van der Waals surface area contributed by atoms with Crippen molar-refractivity contribution in [2.24, 2.45) is 0 Å². The standard InChI is InChI=1S/C25H23N3O3/c1-17-8-6-7-11-21(17)25(2)23(30)28(24(31)27-25)16-18-12-14-19(15-13-18)22(29)26-20-9-4-3-5-10-20/h3-15H,16H2,1-2H3,(H,26,29)(H,27,31). The van der Waals surface area contributed by atoms with Crippen molar-refractivity contribution < 1.29 is 14.4 Å². The molecule has 0 spiro atoms. The van der Waals surface area contributed by atoms with Crippen LogP contribution in [-0.4, -0.2) is 22.7 Å². The molecule has 0 aromatic heterocycles. The van der Waals surface area contributed by atoms with Crippen LogP contribution < -0.4 is 10.6 Å². The summed E-state index contributed by atoms with van der Waals surface area (Å²) in [6.45, 7) is 3.78. The number of anilines is 1. The van der Waals surface area contributed by atoms with E-state index in [9.17, 15) is 14.4 Å². The molecule has 31 heavy (non-hydrogen) atoms. The average molecular weight is 413 g/mol. The van der Waals surface area contributed by atoms with Gasteiger partial charge in [0.25, 0.3) is 11.8 Å². The highest BCUT2D eigenvalue weighted by Gasteiger charge is 2.49. The second-order valence-corrected chi connectivity index (χ2v) is 7.78. The number of nitrogens with zero attached hydrogens (tertiary/aromatic N) is 1. The summed E-state index contributed by atoms with van der Waals surface area (Å²) in [4.78, 5) is 39.4. The van der Waals surface area contributed by atoms with Gasteiger partial charge in [-0.05, 0) is 54.8 Å². The molecule has 1 heterocycles. The van der Waals surface area contributed by atoms with Gasteiger partial charge in [0.1, 0.15) is 5.54 Å². The van der Waals surface area contributed by atoms with Crippen molar-refractivity contribution >= 4 is 23.5 Å². The minimum absolute atomic E-state index is 0.132. The molecule has 0 saturated carbocycles. The lowest BCUT2D eigenvalue weighted by Gasteiger charge is -2.24. The summed E-state index contributed by atoms with van der Waals surface area (Å²) in [5, 5.41) is 5.67. The molecule has 1 unspecified atom stereocenters. The Kier molecular flexibility index (Phi) is 5.29. The molecule has 4 amide bonds. The maximum Gasteiger partial charge on any atom is 0.325 e. The third-order valence-electron chi connectivity index (χ3n) is 5.55. The van der Waals surface area contributed by atoms with Gasteiger partial charge in [-0.15, -0.1) is 0 Å². The number of rotatable bonds is 5. The molecule has 0 aliphatic carbocycles. The summed E-state index contributed by atoms with van der Waals surface area (Å²) in [6, 6.07) is 23.2. The van der Waals surface area contributed by atoms with Gasteiger partial charge in [-0.1, -0.05) is 54.6 Å². The van der Waals surface area contributed by atoms with Gasteiger partial charge in [0, 0.05) is 11.3 Å². The number of aryl methyl sites for hydroxylation is 1. The monoisotopic (exact) mass is 413 g/mol. The Morgan fingerprint density at radius 1 is 0.935 bits per heavy atom. The second kappa shape index (κ2) is 8.07. The molecule has 1 saturated heterocycles. The topological polar surface area (TPSA) is 78.5 Å². The van der Waals surface area contributed by atoms with E-state index in [1.807, 2.05) is 61.5 Å². The van der Waals surface area contributed by atoms with Crippen molar-refractivity contribution in [1.82, 2.24) is 10.2 Å². The lowest BCUT2D eigenvalue weighted by molar-refractivity contribution is -0.131. The second-order valence-electron chi connectivity index (χ2n) is 7.78. The van der Waals surface area contributed by atoms with Crippen LogP contribution in [0.4, 0.5) is 10.5 Å². The first-order valence-corrected chi connectivity index (χ1v) is 10.0. The molecule has 0 radical (unpaired) electrons. The fraction of sp³-hybridized carbons (Fsp3) is 0.160. The quantitative estimate of drug-likeness (QED) is 0.615. The molecule has 6 heteroatoms. The number of hydrogen-bond acceptors (Lipinski definition) is 3. The van der Waals surface area contributed by atoms with Gasteiger partial charge in [-0.25, -0.2) is 4.79 Å². The molecular formula is C25H23N3O3. The summed E-state index contributed by atoms with van der Waals surface area (Å²) in [5.41, 5.74) is 2.59. The lowest BCUT2D eigenvalue weighted by atomic mass is 9.88. The molecule has 1 aliphatic heterocycles. The first-order chi connectivity index (χ1) is 14.9. The highest BCUT2D eigenvalue weighted by atomic mass is 16.2. The zero-order valence-electron chi connectivity index (χ0n) is 17.4. The molecule has 1 fully saturated rings. The number of nitrogens with one attached hydrogen (secondary N) is 2. The van der Waals surface area contributed by atoms with E-state index in [4.69, 9.17) is 0 Å². The molecule has 2 N–H and O–H groups in total. The zero-order chi connectivity index (χ0) is 22.0. The van der Waals surface area contributed by atoms with Gasteiger partial charge in [-0.2, -0.15) is 0 Å². The van der Waals surface area contributed by atoms with Gasteiger partial charge in [-0.3, -0.25) is 14.5 Å². The van der Waals surface area contributed by atoms with Gasteiger partial charge >= 0.3 is 6.03 Å². The van der Waals surface area contributed by atoms with E-state index in [-0.39, 0.29) is 18.4 Å². The van der Waals surface area contributed by atoms with Crippen LogP contribution in [0.5, 0.6) is 0 Å². The highest BCUT2D eigenvalue weighted by molar-refractivity contribution is 6.07. The highest BCUT2D eigenvalue weighted by Crippen LogP contribution is 2.31. The van der Waals surface area contributed by atoms with E-state index >= 15 is 0 Å². The fourth-order valence-corrected chi connectivity index (χ4v) is 3.83. The summed E-state index contributed by atoms with van der Waals surface area (Å²) >= 11 is 0. The van der Waals surface area contributed by atoms with Crippen LogP contribution >= 0.6 is 0 Å². The maximum atomic E-state index is 13.2. The third kappa shape index (κ3) is 3.92. The molecule has 0 bridgehead atoms. The smallest absolute Gasteiger partial charge is 0.322 e. The Hall–Kier alpha value is -3.93. The zero-order valence-corrected chi connectivity index (χ0v) is 17.4. The van der Waals surface area contributed by atoms with Crippen LogP contribution in [0, 0.1) is 6.92 Å². The predicted octanol–water partition coefficient (Wildman–Crippen LogP) is 4.21. The van der Waals surface area contributed by atoms with Crippen molar-refractivity contribution in [2.75, 3.05) is 5.32 Å². The molecule has 1 atom stereocenters. The predicted molar refractivity (Wildman–Crippen MR) is 118 cm³/mol. The van der Waals surface area contributed by atoms with Crippen molar-refractivity contribution in [3.8, 4) is 0 Å². The minimum atomic E-state index is -1.10. The molecule has 3 aromatic rings. The van der Waals surface area contributed by atoms with Crippen molar-refractivity contribution in [3.05, 3.63) is 101 Å². The number of benzene rings is 3. The fourth-order valence-electron chi connectivity index (χ4n) is 3.83. The van der Waals surface area contributed by atoms with Crippen molar-refractivity contribution in [3.63, 3.8) is 0 Å². The van der Waals surface area contributed by atoms with Crippen LogP contribution in [-0.2, 0) is 16.9 Å². The average Bonchev–Trinajstić information content (AvgIpc) is 2.99. The molecule has 1 aliphatic rings. The summed E-state index contributed by atoms with van der Waals surface area (Å²) in [6.07, 6.45) is 0. The summed E-state index contributed by atoms with van der Waals surface area (Å²) < 4.78 is 0. The number of para-hydroxylation sites is 1. The Bertz CT molecular complexity index is 1140. The Morgan fingerprint density at radius 2 is 1.58 bits per heavy atom. The third-order valence-corrected chi connectivity index (χ3v) is 5.55. The van der Waals surface area contributed by atoms with E-state index in [1.165, 1.54) is 4.90 Å². The molecule has 3 aromatic carbocycles. The Morgan fingerprint density at radius 3 is 2.26 bits per heavy atom. The van der Waals surface area contributed by atoms with Gasteiger partial charge in [0.15, 0.2) is 0 Å². The van der Waals surface area contributed by atoms with E-state index in [2.05, 4.69) is 10.6 Å². The van der Waals surface area contributed by atoms with E-state index in [0.29, 0.717) is 11.3 Å². The van der Waals surface area contributed by atoms with Crippen LogP contribution in [0.3, 0.4) is 0 Å². The number of urea groups is 1. The number of carbonyl (C=O) groups is 3. The lowest BCUT2D eigenvalue weighted by Crippen LogP contribution is -2.41. The Balaban J connectivity index is 1.48. The number of imide groups is 1. The van der Waals surface area contributed by atoms with E-state index in [1.54, 1.807) is 31.2 Å². The summed E-state index contributed by atoms with van der Waals surface area (Å²) in [7, 11) is 0. The molecular weight excluding hydrogens is 390 g/mol. The largest absolute Gasteiger partial charge is 0.325 e.